The summed E-state index contributed by atoms with van der Waals surface area (Å²) in [7, 11) is 0. The zero-order valence-corrected chi connectivity index (χ0v) is 11.1. The van der Waals surface area contributed by atoms with Gasteiger partial charge in [0, 0.05) is 30.2 Å². The van der Waals surface area contributed by atoms with Crippen molar-refractivity contribution in [1.29, 1.82) is 0 Å². The van der Waals surface area contributed by atoms with Crippen LogP contribution in [0.25, 0.3) is 22.4 Å². The van der Waals surface area contributed by atoms with Crippen LogP contribution in [0, 0.1) is 0 Å². The van der Waals surface area contributed by atoms with Crippen molar-refractivity contribution in [1.82, 2.24) is 14.5 Å². The summed E-state index contributed by atoms with van der Waals surface area (Å²) in [6, 6.07) is 9.60. The fourth-order valence-electron chi connectivity index (χ4n) is 2.32. The Kier molecular flexibility index (Phi) is 3.16. The van der Waals surface area contributed by atoms with Crippen LogP contribution < -0.4 is 5.32 Å². The molecular formula is C15H14N4O. The van der Waals surface area contributed by atoms with E-state index >= 15 is 0 Å². The molecule has 20 heavy (non-hydrogen) atoms. The van der Waals surface area contributed by atoms with Crippen molar-refractivity contribution in [3.63, 3.8) is 0 Å². The normalized spacial score (nSPS) is 10.7. The number of amides is 1. The lowest BCUT2D eigenvalue weighted by Gasteiger charge is -2.05. The second kappa shape index (κ2) is 5.13. The smallest absolute Gasteiger partial charge is 0.211 e. The summed E-state index contributed by atoms with van der Waals surface area (Å²) in [4.78, 5) is 19.3. The number of nitrogens with zero attached hydrogens (tertiary/aromatic N) is 3. The molecule has 1 amide bonds. The molecule has 0 aliphatic heterocycles. The first-order valence-electron chi connectivity index (χ1n) is 6.44. The minimum atomic E-state index is 0.667. The van der Waals surface area contributed by atoms with Gasteiger partial charge in [-0.1, -0.05) is 0 Å². The molecule has 2 heterocycles. The molecule has 0 spiro atoms. The number of hydrogen-bond donors (Lipinski definition) is 1. The molecule has 3 rings (SSSR count). The van der Waals surface area contributed by atoms with Gasteiger partial charge in [-0.25, -0.2) is 4.98 Å². The van der Waals surface area contributed by atoms with Gasteiger partial charge >= 0.3 is 0 Å². The maximum Gasteiger partial charge on any atom is 0.211 e. The monoisotopic (exact) mass is 266 g/mol. The summed E-state index contributed by atoms with van der Waals surface area (Å²) >= 11 is 0. The minimum Gasteiger partial charge on any atom is -0.329 e. The Hall–Kier alpha value is -2.69. The van der Waals surface area contributed by atoms with Gasteiger partial charge in [0.2, 0.25) is 6.41 Å². The zero-order chi connectivity index (χ0) is 13.9. The third-order valence-electron chi connectivity index (χ3n) is 3.21. The largest absolute Gasteiger partial charge is 0.329 e. The summed E-state index contributed by atoms with van der Waals surface area (Å²) in [5.41, 5.74) is 3.63. The third kappa shape index (κ3) is 2.03. The van der Waals surface area contributed by atoms with Crippen molar-refractivity contribution in [2.75, 3.05) is 5.32 Å². The van der Waals surface area contributed by atoms with Crippen LogP contribution in [0.15, 0.2) is 42.7 Å². The Labute approximate surface area is 116 Å². The van der Waals surface area contributed by atoms with Crippen LogP contribution >= 0.6 is 0 Å². The summed E-state index contributed by atoms with van der Waals surface area (Å²) < 4.78 is 2.14. The van der Waals surface area contributed by atoms with Crippen molar-refractivity contribution < 1.29 is 4.79 Å². The van der Waals surface area contributed by atoms with Crippen LogP contribution in [0.3, 0.4) is 0 Å². The molecule has 2 aromatic heterocycles. The lowest BCUT2D eigenvalue weighted by molar-refractivity contribution is -0.105. The van der Waals surface area contributed by atoms with Gasteiger partial charge in [-0.3, -0.25) is 9.78 Å². The van der Waals surface area contributed by atoms with Crippen LogP contribution in [0.1, 0.15) is 6.92 Å². The van der Waals surface area contributed by atoms with Crippen LogP contribution in [0.2, 0.25) is 0 Å². The van der Waals surface area contributed by atoms with E-state index in [9.17, 15) is 4.79 Å². The van der Waals surface area contributed by atoms with Gasteiger partial charge in [0.15, 0.2) is 0 Å². The predicted octanol–water partition coefficient (Wildman–Crippen LogP) is 2.69. The van der Waals surface area contributed by atoms with E-state index in [4.69, 9.17) is 0 Å². The van der Waals surface area contributed by atoms with Crippen LogP contribution in [0.4, 0.5) is 5.69 Å². The number of aryl methyl sites for hydroxylation is 1. The number of carbonyl (C=O) groups is 1. The van der Waals surface area contributed by atoms with Gasteiger partial charge in [0.1, 0.15) is 5.82 Å². The number of nitrogens with one attached hydrogen (secondary N) is 1. The first-order chi connectivity index (χ1) is 9.83. The third-order valence-corrected chi connectivity index (χ3v) is 3.21. The number of hydrogen-bond acceptors (Lipinski definition) is 3. The molecule has 0 atom stereocenters. The van der Waals surface area contributed by atoms with E-state index in [1.165, 1.54) is 0 Å². The summed E-state index contributed by atoms with van der Waals surface area (Å²) in [6.07, 6.45) is 4.21. The summed E-state index contributed by atoms with van der Waals surface area (Å²) in [5, 5.41) is 2.64. The quantitative estimate of drug-likeness (QED) is 0.738. The molecular weight excluding hydrogens is 252 g/mol. The molecule has 0 fully saturated rings. The first kappa shape index (κ1) is 12.3. The fraction of sp³-hybridized carbons (Fsp3) is 0.133. The highest BCUT2D eigenvalue weighted by Crippen LogP contribution is 2.26. The molecule has 0 bridgehead atoms. The molecule has 3 aromatic rings. The van der Waals surface area contributed by atoms with Crippen molar-refractivity contribution in [3.05, 3.63) is 42.7 Å². The molecule has 100 valence electrons. The van der Waals surface area contributed by atoms with Crippen LogP contribution in [-0.4, -0.2) is 20.9 Å². The summed E-state index contributed by atoms with van der Waals surface area (Å²) in [6.45, 7) is 2.90. The van der Waals surface area contributed by atoms with E-state index in [0.29, 0.717) is 6.41 Å². The average Bonchev–Trinajstić information content (AvgIpc) is 2.86. The molecule has 0 saturated carbocycles. The highest BCUT2D eigenvalue weighted by atomic mass is 16.1. The molecule has 0 saturated heterocycles. The minimum absolute atomic E-state index is 0.667. The number of pyridine rings is 1. The lowest BCUT2D eigenvalue weighted by Crippen LogP contribution is -1.97. The maximum atomic E-state index is 10.5. The zero-order valence-electron chi connectivity index (χ0n) is 11.1. The van der Waals surface area contributed by atoms with Crippen molar-refractivity contribution in [3.8, 4) is 11.4 Å². The highest BCUT2D eigenvalue weighted by Gasteiger charge is 2.11. The number of carbonyl (C=O) groups excluding carboxylic acids is 1. The van der Waals surface area contributed by atoms with Crippen molar-refractivity contribution >= 4 is 23.1 Å². The van der Waals surface area contributed by atoms with Gasteiger partial charge in [0.25, 0.3) is 0 Å². The van der Waals surface area contributed by atoms with Gasteiger partial charge in [-0.15, -0.1) is 0 Å². The Bertz CT molecular complexity index is 749. The first-order valence-corrected chi connectivity index (χ1v) is 6.44. The molecule has 0 aliphatic carbocycles. The van der Waals surface area contributed by atoms with Crippen molar-refractivity contribution in [2.45, 2.75) is 13.5 Å². The summed E-state index contributed by atoms with van der Waals surface area (Å²) in [5.74, 6) is 0.888. The lowest BCUT2D eigenvalue weighted by atomic mass is 10.2. The number of anilines is 1. The number of benzene rings is 1. The van der Waals surface area contributed by atoms with E-state index in [2.05, 4.69) is 26.8 Å². The second-order valence-corrected chi connectivity index (χ2v) is 4.39. The Morgan fingerprint density at radius 2 is 2.25 bits per heavy atom. The SMILES string of the molecule is CCn1c(-c2cccnc2)nc2cc(NC=O)ccc21. The Balaban J connectivity index is 2.20. The molecule has 0 unspecified atom stereocenters. The number of aromatic nitrogens is 3. The van der Waals surface area contributed by atoms with Gasteiger partial charge in [-0.05, 0) is 37.3 Å². The fourth-order valence-corrected chi connectivity index (χ4v) is 2.32. The topological polar surface area (TPSA) is 59.8 Å². The molecule has 1 aromatic carbocycles. The molecule has 0 radical (unpaired) electrons. The van der Waals surface area contributed by atoms with Crippen molar-refractivity contribution in [2.24, 2.45) is 0 Å². The van der Waals surface area contributed by atoms with Gasteiger partial charge in [-0.2, -0.15) is 0 Å². The maximum absolute atomic E-state index is 10.5. The van der Waals surface area contributed by atoms with E-state index < -0.39 is 0 Å². The van der Waals surface area contributed by atoms with Gasteiger partial charge < -0.3 is 9.88 Å². The molecule has 5 heteroatoms. The number of imidazole rings is 1. The van der Waals surface area contributed by atoms with Crippen LogP contribution in [0.5, 0.6) is 0 Å². The number of rotatable bonds is 4. The van der Waals surface area contributed by atoms with E-state index in [1.807, 2.05) is 30.3 Å². The average molecular weight is 266 g/mol. The second-order valence-electron chi connectivity index (χ2n) is 4.39. The standard InChI is InChI=1S/C15H14N4O/c1-2-19-14-6-5-12(17-10-20)8-13(14)18-15(19)11-4-3-7-16-9-11/h3-10H,2H2,1H3,(H,17,20). The molecule has 1 N–H and O–H groups in total. The van der Waals surface area contributed by atoms with Crippen LogP contribution in [-0.2, 0) is 11.3 Å². The molecule has 5 nitrogen and oxygen atoms in total. The Morgan fingerprint density at radius 1 is 1.35 bits per heavy atom. The van der Waals surface area contributed by atoms with E-state index in [1.54, 1.807) is 12.4 Å². The predicted molar refractivity (Wildman–Crippen MR) is 78.3 cm³/mol. The Morgan fingerprint density at radius 3 is 2.95 bits per heavy atom. The number of fused-ring (bicyclic) bond motifs is 1. The van der Waals surface area contributed by atoms with E-state index in [-0.39, 0.29) is 0 Å². The van der Waals surface area contributed by atoms with Gasteiger partial charge in [0.05, 0.1) is 11.0 Å². The van der Waals surface area contributed by atoms with E-state index in [0.717, 1.165) is 34.7 Å². The molecule has 0 aliphatic rings. The highest BCUT2D eigenvalue weighted by molar-refractivity contribution is 5.86.